The largest absolute Gasteiger partial charge is 0.298 e. The molecule has 1 aliphatic carbocycles. The van der Waals surface area contributed by atoms with Crippen LogP contribution in [0.25, 0.3) is 0 Å². The summed E-state index contributed by atoms with van der Waals surface area (Å²) in [5, 5.41) is 0. The highest BCUT2D eigenvalue weighted by Gasteiger charge is 2.59. The van der Waals surface area contributed by atoms with Crippen LogP contribution in [0.1, 0.15) is 74.7 Å². The molecule has 2 unspecified atom stereocenters. The molecular formula is C25H36O4. The van der Waals surface area contributed by atoms with Crippen molar-refractivity contribution in [1.29, 1.82) is 0 Å². The zero-order chi connectivity index (χ0) is 22.5. The van der Waals surface area contributed by atoms with Crippen molar-refractivity contribution >= 4 is 23.1 Å². The molecule has 0 aromatic carbocycles. The first kappa shape index (κ1) is 24.9. The smallest absolute Gasteiger partial charge is 0.164 e. The maximum atomic E-state index is 13.6. The van der Waals surface area contributed by atoms with Crippen LogP contribution in [-0.2, 0) is 19.2 Å². The molecule has 1 rings (SSSR count). The third kappa shape index (κ3) is 5.71. The van der Waals surface area contributed by atoms with Crippen LogP contribution in [0, 0.1) is 23.2 Å². The number of Topliss-reactive ketones (excluding diaryl/α,β-unsaturated/α-hetero) is 4. The molecule has 4 heteroatoms. The van der Waals surface area contributed by atoms with E-state index in [1.807, 2.05) is 59.8 Å². The molecule has 0 radical (unpaired) electrons. The van der Waals surface area contributed by atoms with E-state index in [4.69, 9.17) is 0 Å². The Balaban J connectivity index is 3.68. The molecule has 0 aromatic heterocycles. The van der Waals surface area contributed by atoms with Gasteiger partial charge in [-0.25, -0.2) is 0 Å². The Morgan fingerprint density at radius 2 is 1.28 bits per heavy atom. The van der Waals surface area contributed by atoms with Gasteiger partial charge in [0.25, 0.3) is 0 Å². The van der Waals surface area contributed by atoms with Crippen molar-refractivity contribution in [3.63, 3.8) is 0 Å². The van der Waals surface area contributed by atoms with Crippen LogP contribution in [0.15, 0.2) is 34.9 Å². The van der Waals surface area contributed by atoms with Crippen molar-refractivity contribution in [3.05, 3.63) is 34.9 Å². The summed E-state index contributed by atoms with van der Waals surface area (Å²) in [6.07, 6.45) is 6.27. The molecule has 0 N–H and O–H groups in total. The van der Waals surface area contributed by atoms with E-state index >= 15 is 0 Å². The summed E-state index contributed by atoms with van der Waals surface area (Å²) in [4.78, 5) is 53.2. The quantitative estimate of drug-likeness (QED) is 0.414. The van der Waals surface area contributed by atoms with Crippen LogP contribution in [0.2, 0.25) is 0 Å². The summed E-state index contributed by atoms with van der Waals surface area (Å²) in [6, 6.07) is 0. The molecule has 1 aliphatic rings. The van der Waals surface area contributed by atoms with Crippen molar-refractivity contribution < 1.29 is 19.2 Å². The van der Waals surface area contributed by atoms with Crippen LogP contribution in [0.3, 0.4) is 0 Å². The van der Waals surface area contributed by atoms with E-state index in [0.29, 0.717) is 0 Å². The van der Waals surface area contributed by atoms with Gasteiger partial charge in [0.2, 0.25) is 0 Å². The van der Waals surface area contributed by atoms with E-state index in [-0.39, 0.29) is 30.8 Å². The molecule has 0 amide bonds. The van der Waals surface area contributed by atoms with Crippen molar-refractivity contribution in [2.24, 2.45) is 23.2 Å². The highest BCUT2D eigenvalue weighted by molar-refractivity contribution is 6.34. The van der Waals surface area contributed by atoms with Crippen LogP contribution < -0.4 is 0 Å². The van der Waals surface area contributed by atoms with Gasteiger partial charge in [-0.15, -0.1) is 0 Å². The fraction of sp³-hybridized carbons (Fsp3) is 0.600. The molecule has 4 nitrogen and oxygen atoms in total. The molecular weight excluding hydrogens is 364 g/mol. The predicted molar refractivity (Wildman–Crippen MR) is 116 cm³/mol. The van der Waals surface area contributed by atoms with Crippen molar-refractivity contribution in [3.8, 4) is 0 Å². The third-order valence-corrected chi connectivity index (χ3v) is 5.48. The topological polar surface area (TPSA) is 68.3 Å². The van der Waals surface area contributed by atoms with Gasteiger partial charge in [-0.05, 0) is 60.8 Å². The van der Waals surface area contributed by atoms with Crippen molar-refractivity contribution in [2.75, 3.05) is 0 Å². The van der Waals surface area contributed by atoms with Crippen molar-refractivity contribution in [1.82, 2.24) is 0 Å². The molecule has 0 saturated heterocycles. The van der Waals surface area contributed by atoms with Gasteiger partial charge in [0.1, 0.15) is 5.92 Å². The molecule has 0 bridgehead atoms. The number of rotatable bonds is 8. The lowest BCUT2D eigenvalue weighted by Gasteiger charge is -2.40. The van der Waals surface area contributed by atoms with Gasteiger partial charge >= 0.3 is 0 Å². The summed E-state index contributed by atoms with van der Waals surface area (Å²) in [6.45, 7) is 14.8. The molecule has 1 fully saturated rings. The summed E-state index contributed by atoms with van der Waals surface area (Å²) in [7, 11) is 0. The van der Waals surface area contributed by atoms with Gasteiger partial charge in [0.15, 0.2) is 23.1 Å². The molecule has 2 atom stereocenters. The van der Waals surface area contributed by atoms with Gasteiger partial charge in [0.05, 0.1) is 11.3 Å². The van der Waals surface area contributed by atoms with Gasteiger partial charge < -0.3 is 0 Å². The monoisotopic (exact) mass is 400 g/mol. The Labute approximate surface area is 175 Å². The first-order valence-corrected chi connectivity index (χ1v) is 10.4. The van der Waals surface area contributed by atoms with E-state index in [2.05, 4.69) is 0 Å². The van der Waals surface area contributed by atoms with Crippen LogP contribution in [-0.4, -0.2) is 23.1 Å². The molecule has 0 spiro atoms. The van der Waals surface area contributed by atoms with Crippen molar-refractivity contribution in [2.45, 2.75) is 74.7 Å². The normalized spacial score (nSPS) is 21.1. The maximum absolute atomic E-state index is 13.6. The second kappa shape index (κ2) is 10.1. The van der Waals surface area contributed by atoms with Crippen LogP contribution >= 0.6 is 0 Å². The highest BCUT2D eigenvalue weighted by Crippen LogP contribution is 2.43. The predicted octanol–water partition coefficient (Wildman–Crippen LogP) is 5.22. The fourth-order valence-corrected chi connectivity index (χ4v) is 3.61. The standard InChI is InChI=1S/C25H36O4/c1-15(2)9-10-19-22(27)20(21(26)18(7)8)24(29)25(23(19)28,13-11-16(3)4)14-12-17(5)6/h9,11-12,18-20H,10,13-14H2,1-8H3. The fourth-order valence-electron chi connectivity index (χ4n) is 3.61. The Hall–Kier alpha value is -2.10. The minimum Gasteiger partial charge on any atom is -0.298 e. The number of ketones is 4. The van der Waals surface area contributed by atoms with E-state index in [9.17, 15) is 19.2 Å². The highest BCUT2D eigenvalue weighted by atomic mass is 16.2. The number of carbonyl (C=O) groups is 4. The van der Waals surface area contributed by atoms with E-state index < -0.39 is 34.7 Å². The Bertz CT molecular complexity index is 745. The van der Waals surface area contributed by atoms with E-state index in [0.717, 1.165) is 16.7 Å². The number of allylic oxidation sites excluding steroid dienone is 6. The lowest BCUT2D eigenvalue weighted by Crippen LogP contribution is -2.58. The summed E-state index contributed by atoms with van der Waals surface area (Å²) >= 11 is 0. The molecule has 29 heavy (non-hydrogen) atoms. The lowest BCUT2D eigenvalue weighted by atomic mass is 9.57. The number of carbonyl (C=O) groups excluding carboxylic acids is 4. The third-order valence-electron chi connectivity index (χ3n) is 5.48. The number of hydrogen-bond acceptors (Lipinski definition) is 4. The minimum atomic E-state index is -1.36. The number of hydrogen-bond donors (Lipinski definition) is 0. The minimum absolute atomic E-state index is 0.220. The SMILES string of the molecule is CC(C)=CCC1C(=O)C(C(=O)C(C)C)C(=O)C(CC=C(C)C)(CC=C(C)C)C1=O. The first-order chi connectivity index (χ1) is 13.3. The molecule has 160 valence electrons. The Kier molecular flexibility index (Phi) is 8.67. The summed E-state index contributed by atoms with van der Waals surface area (Å²) < 4.78 is 0. The second-order valence-corrected chi connectivity index (χ2v) is 9.24. The zero-order valence-electron chi connectivity index (χ0n) is 19.2. The summed E-state index contributed by atoms with van der Waals surface area (Å²) in [5.74, 6) is -4.52. The molecule has 0 aromatic rings. The maximum Gasteiger partial charge on any atom is 0.164 e. The van der Waals surface area contributed by atoms with Crippen LogP contribution in [0.5, 0.6) is 0 Å². The molecule has 0 heterocycles. The van der Waals surface area contributed by atoms with Gasteiger partial charge in [-0.2, -0.15) is 0 Å². The first-order valence-electron chi connectivity index (χ1n) is 10.4. The van der Waals surface area contributed by atoms with E-state index in [1.165, 1.54) is 0 Å². The average Bonchev–Trinajstić information content (AvgIpc) is 2.60. The summed E-state index contributed by atoms with van der Waals surface area (Å²) in [5.41, 5.74) is 1.62. The zero-order valence-corrected chi connectivity index (χ0v) is 19.2. The Morgan fingerprint density at radius 3 is 1.66 bits per heavy atom. The van der Waals surface area contributed by atoms with Gasteiger partial charge in [0, 0.05) is 5.92 Å². The average molecular weight is 401 g/mol. The van der Waals surface area contributed by atoms with E-state index in [1.54, 1.807) is 13.8 Å². The Morgan fingerprint density at radius 1 is 0.828 bits per heavy atom. The molecule has 0 aliphatic heterocycles. The second-order valence-electron chi connectivity index (χ2n) is 9.24. The van der Waals surface area contributed by atoms with Crippen LogP contribution in [0.4, 0.5) is 0 Å². The van der Waals surface area contributed by atoms with Gasteiger partial charge in [-0.3, -0.25) is 19.2 Å². The molecule has 1 saturated carbocycles. The van der Waals surface area contributed by atoms with Gasteiger partial charge in [-0.1, -0.05) is 48.8 Å². The lowest BCUT2D eigenvalue weighted by molar-refractivity contribution is -0.159.